The average Bonchev–Trinajstić information content (AvgIpc) is 2.31. The van der Waals surface area contributed by atoms with Crippen molar-refractivity contribution in [2.75, 3.05) is 14.2 Å². The lowest BCUT2D eigenvalue weighted by Crippen LogP contribution is -2.12. The molecule has 0 heterocycles. The van der Waals surface area contributed by atoms with Crippen molar-refractivity contribution in [1.82, 2.24) is 0 Å². The fraction of sp³-hybridized carbons (Fsp3) is 0.667. The number of rotatable bonds is 6. The van der Waals surface area contributed by atoms with Gasteiger partial charge in [-0.05, 0) is 12.8 Å². The first kappa shape index (κ1) is 14.7. The number of hydrogen-bond acceptors (Lipinski definition) is 4. The van der Waals surface area contributed by atoms with E-state index in [4.69, 9.17) is 0 Å². The summed E-state index contributed by atoms with van der Waals surface area (Å²) >= 11 is 0. The third-order valence-electron chi connectivity index (χ3n) is 2.35. The molecule has 0 rings (SSSR count). The van der Waals surface area contributed by atoms with Gasteiger partial charge in [0.15, 0.2) is 0 Å². The zero-order valence-corrected chi connectivity index (χ0v) is 10.4. The monoisotopic (exact) mass is 228 g/mol. The molecule has 0 amide bonds. The Morgan fingerprint density at radius 1 is 0.938 bits per heavy atom. The van der Waals surface area contributed by atoms with Gasteiger partial charge in [-0.1, -0.05) is 26.0 Å². The number of carbonyl (C=O) groups excluding carboxylic acids is 2. The van der Waals surface area contributed by atoms with Gasteiger partial charge < -0.3 is 9.47 Å². The van der Waals surface area contributed by atoms with Gasteiger partial charge in [0.05, 0.1) is 26.1 Å². The van der Waals surface area contributed by atoms with Crippen molar-refractivity contribution >= 4 is 11.9 Å². The summed E-state index contributed by atoms with van der Waals surface area (Å²) in [5.41, 5.74) is 0. The number of methoxy groups -OCH3 is 2. The van der Waals surface area contributed by atoms with Gasteiger partial charge >= 0.3 is 11.9 Å². The summed E-state index contributed by atoms with van der Waals surface area (Å²) in [4.78, 5) is 22.1. The van der Waals surface area contributed by atoms with Crippen LogP contribution in [-0.2, 0) is 19.1 Å². The van der Waals surface area contributed by atoms with Crippen molar-refractivity contribution in [3.05, 3.63) is 12.2 Å². The summed E-state index contributed by atoms with van der Waals surface area (Å²) in [6.07, 6.45) is 5.03. The van der Waals surface area contributed by atoms with Crippen molar-refractivity contribution < 1.29 is 19.1 Å². The second-order valence-electron chi connectivity index (χ2n) is 3.79. The van der Waals surface area contributed by atoms with Crippen molar-refractivity contribution in [2.45, 2.75) is 26.7 Å². The number of ether oxygens (including phenoxy) is 2. The smallest absolute Gasteiger partial charge is 0.308 e. The summed E-state index contributed by atoms with van der Waals surface area (Å²) in [6.45, 7) is 3.61. The molecule has 0 aromatic rings. The number of esters is 2. The first-order valence-electron chi connectivity index (χ1n) is 5.33. The summed E-state index contributed by atoms with van der Waals surface area (Å²) in [7, 11) is 2.75. The maximum atomic E-state index is 11.1. The van der Waals surface area contributed by atoms with E-state index >= 15 is 0 Å². The van der Waals surface area contributed by atoms with E-state index in [2.05, 4.69) is 9.47 Å². The molecule has 0 radical (unpaired) electrons. The largest absolute Gasteiger partial charge is 0.469 e. The van der Waals surface area contributed by atoms with Crippen LogP contribution in [0.15, 0.2) is 12.2 Å². The van der Waals surface area contributed by atoms with Crippen molar-refractivity contribution in [3.8, 4) is 0 Å². The normalized spacial score (nSPS) is 14.5. The Labute approximate surface area is 96.6 Å². The third-order valence-corrected chi connectivity index (χ3v) is 2.35. The molecule has 0 aromatic heterocycles. The van der Waals surface area contributed by atoms with Crippen molar-refractivity contribution in [1.29, 1.82) is 0 Å². The maximum Gasteiger partial charge on any atom is 0.308 e. The van der Waals surface area contributed by atoms with Gasteiger partial charge in [0, 0.05) is 0 Å². The molecule has 0 spiro atoms. The number of hydrogen-bond donors (Lipinski definition) is 0. The zero-order chi connectivity index (χ0) is 12.6. The minimum absolute atomic E-state index is 0.144. The van der Waals surface area contributed by atoms with E-state index in [1.807, 2.05) is 12.2 Å². The van der Waals surface area contributed by atoms with Crippen molar-refractivity contribution in [3.63, 3.8) is 0 Å². The highest BCUT2D eigenvalue weighted by Gasteiger charge is 2.12. The van der Waals surface area contributed by atoms with Gasteiger partial charge in [0.25, 0.3) is 0 Å². The highest BCUT2D eigenvalue weighted by atomic mass is 16.5. The van der Waals surface area contributed by atoms with Crippen LogP contribution in [0.25, 0.3) is 0 Å². The second-order valence-corrected chi connectivity index (χ2v) is 3.79. The average molecular weight is 228 g/mol. The molecule has 0 aliphatic heterocycles. The fourth-order valence-corrected chi connectivity index (χ4v) is 1.20. The lowest BCUT2D eigenvalue weighted by molar-refractivity contribution is -0.145. The van der Waals surface area contributed by atoms with Crippen LogP contribution in [0.3, 0.4) is 0 Å². The second kappa shape index (κ2) is 7.91. The number of carbonyl (C=O) groups is 2. The quantitative estimate of drug-likeness (QED) is 0.515. The first-order valence-corrected chi connectivity index (χ1v) is 5.33. The number of allylic oxidation sites excluding steroid dienone is 2. The molecule has 0 fully saturated rings. The zero-order valence-electron chi connectivity index (χ0n) is 10.4. The molecule has 0 saturated heterocycles. The molecule has 0 N–H and O–H groups in total. The minimum Gasteiger partial charge on any atom is -0.469 e. The molecule has 2 atom stereocenters. The Morgan fingerprint density at radius 2 is 1.25 bits per heavy atom. The lowest BCUT2D eigenvalue weighted by Gasteiger charge is -2.06. The highest BCUT2D eigenvalue weighted by Crippen LogP contribution is 2.08. The van der Waals surface area contributed by atoms with E-state index in [1.54, 1.807) is 13.8 Å². The predicted octanol–water partition coefficient (Wildman–Crippen LogP) is 1.94. The van der Waals surface area contributed by atoms with E-state index in [0.29, 0.717) is 12.8 Å². The van der Waals surface area contributed by atoms with E-state index in [9.17, 15) is 9.59 Å². The van der Waals surface area contributed by atoms with Crippen LogP contribution in [0.2, 0.25) is 0 Å². The van der Waals surface area contributed by atoms with E-state index in [-0.39, 0.29) is 23.8 Å². The molecule has 0 aromatic carbocycles. The molecule has 16 heavy (non-hydrogen) atoms. The Hall–Kier alpha value is -1.32. The Kier molecular flexibility index (Phi) is 7.25. The topological polar surface area (TPSA) is 52.6 Å². The van der Waals surface area contributed by atoms with E-state index in [0.717, 1.165) is 0 Å². The van der Waals surface area contributed by atoms with Crippen LogP contribution in [0, 0.1) is 11.8 Å². The SMILES string of the molecule is COC(=O)C(C)CC=CCC(C)C(=O)OC. The summed E-state index contributed by atoms with van der Waals surface area (Å²) in [5.74, 6) is -0.722. The van der Waals surface area contributed by atoms with Crippen LogP contribution in [0.5, 0.6) is 0 Å². The molecule has 0 saturated carbocycles. The summed E-state index contributed by atoms with van der Waals surface area (Å²) < 4.78 is 9.20. The molecule has 0 aliphatic carbocycles. The third kappa shape index (κ3) is 5.53. The molecule has 0 aliphatic rings. The fourth-order valence-electron chi connectivity index (χ4n) is 1.20. The Balaban J connectivity index is 3.86. The standard InChI is InChI=1S/C12H20O4/c1-9(11(13)15-3)7-5-6-8-10(2)12(14)16-4/h5-6,9-10H,7-8H2,1-4H3. The van der Waals surface area contributed by atoms with Crippen LogP contribution in [0.4, 0.5) is 0 Å². The first-order chi connectivity index (χ1) is 7.52. The van der Waals surface area contributed by atoms with Gasteiger partial charge in [-0.3, -0.25) is 9.59 Å². The summed E-state index contributed by atoms with van der Waals surface area (Å²) in [6, 6.07) is 0. The molecular formula is C12H20O4. The van der Waals surface area contributed by atoms with Gasteiger partial charge in [-0.25, -0.2) is 0 Å². The summed E-state index contributed by atoms with van der Waals surface area (Å²) in [5, 5.41) is 0. The lowest BCUT2D eigenvalue weighted by atomic mass is 10.1. The van der Waals surface area contributed by atoms with E-state index in [1.165, 1.54) is 14.2 Å². The highest BCUT2D eigenvalue weighted by molar-refractivity contribution is 5.72. The molecular weight excluding hydrogens is 208 g/mol. The van der Waals surface area contributed by atoms with Crippen molar-refractivity contribution in [2.24, 2.45) is 11.8 Å². The van der Waals surface area contributed by atoms with Crippen LogP contribution >= 0.6 is 0 Å². The minimum atomic E-state index is -0.217. The Bertz CT molecular complexity index is 232. The molecule has 0 bridgehead atoms. The van der Waals surface area contributed by atoms with Gasteiger partial charge in [0.1, 0.15) is 0 Å². The van der Waals surface area contributed by atoms with E-state index < -0.39 is 0 Å². The Morgan fingerprint density at radius 3 is 1.50 bits per heavy atom. The van der Waals surface area contributed by atoms with Crippen LogP contribution in [0.1, 0.15) is 26.7 Å². The predicted molar refractivity (Wildman–Crippen MR) is 60.7 cm³/mol. The molecule has 2 unspecified atom stereocenters. The van der Waals surface area contributed by atoms with Gasteiger partial charge in [0.2, 0.25) is 0 Å². The van der Waals surface area contributed by atoms with Gasteiger partial charge in [-0.2, -0.15) is 0 Å². The molecule has 4 heteroatoms. The molecule has 4 nitrogen and oxygen atoms in total. The maximum absolute atomic E-state index is 11.1. The molecule has 92 valence electrons. The van der Waals surface area contributed by atoms with Crippen LogP contribution in [-0.4, -0.2) is 26.2 Å². The van der Waals surface area contributed by atoms with Gasteiger partial charge in [-0.15, -0.1) is 0 Å². The van der Waals surface area contributed by atoms with Crippen LogP contribution < -0.4 is 0 Å².